The molecule has 8 heteroatoms. The number of thioether (sulfide) groups is 1. The van der Waals surface area contributed by atoms with Crippen LogP contribution in [0, 0.1) is 17.8 Å². The number of hydrogen-bond acceptors (Lipinski definition) is 6. The third kappa shape index (κ3) is 4.26. The summed E-state index contributed by atoms with van der Waals surface area (Å²) in [5.74, 6) is 2.59. The molecule has 2 heterocycles. The van der Waals surface area contributed by atoms with Crippen LogP contribution in [0.2, 0.25) is 0 Å². The van der Waals surface area contributed by atoms with Gasteiger partial charge < -0.3 is 10.1 Å². The SMILES string of the molecule is COCCn1c(SCC(=O)NC(C)C2CC3CCC2C3)nc2sc3c(c2c1=O)CCCC3. The summed E-state index contributed by atoms with van der Waals surface area (Å²) >= 11 is 3.03. The number of rotatable bonds is 8. The smallest absolute Gasteiger partial charge is 0.263 e. The number of ether oxygens (including phenoxy) is 1. The first-order valence-electron chi connectivity index (χ1n) is 12.0. The maximum absolute atomic E-state index is 13.4. The Labute approximate surface area is 197 Å². The predicted octanol–water partition coefficient (Wildman–Crippen LogP) is 4.02. The lowest BCUT2D eigenvalue weighted by atomic mass is 9.84. The molecule has 1 amide bonds. The fourth-order valence-corrected chi connectivity index (χ4v) is 8.29. The first-order valence-corrected chi connectivity index (χ1v) is 13.8. The van der Waals surface area contributed by atoms with E-state index in [1.54, 1.807) is 23.0 Å². The molecule has 4 unspecified atom stereocenters. The molecule has 32 heavy (non-hydrogen) atoms. The Balaban J connectivity index is 1.32. The van der Waals surface area contributed by atoms with Crippen molar-refractivity contribution in [3.63, 3.8) is 0 Å². The molecule has 3 aliphatic rings. The number of methoxy groups -OCH3 is 1. The molecule has 2 saturated carbocycles. The van der Waals surface area contributed by atoms with Crippen LogP contribution in [-0.2, 0) is 28.9 Å². The predicted molar refractivity (Wildman–Crippen MR) is 130 cm³/mol. The highest BCUT2D eigenvalue weighted by Crippen LogP contribution is 2.49. The number of amides is 1. The summed E-state index contributed by atoms with van der Waals surface area (Å²) in [6, 6.07) is 0.216. The zero-order chi connectivity index (χ0) is 22.2. The number of carbonyl (C=O) groups excluding carboxylic acids is 1. The van der Waals surface area contributed by atoms with Gasteiger partial charge in [0.2, 0.25) is 5.91 Å². The van der Waals surface area contributed by atoms with Crippen molar-refractivity contribution >= 4 is 39.2 Å². The molecule has 0 radical (unpaired) electrons. The van der Waals surface area contributed by atoms with Gasteiger partial charge >= 0.3 is 0 Å². The fourth-order valence-electron chi connectivity index (χ4n) is 6.15. The van der Waals surface area contributed by atoms with Crippen molar-refractivity contribution in [2.45, 2.75) is 76.0 Å². The van der Waals surface area contributed by atoms with E-state index in [4.69, 9.17) is 9.72 Å². The van der Waals surface area contributed by atoms with E-state index in [2.05, 4.69) is 12.2 Å². The number of hydrogen-bond donors (Lipinski definition) is 1. The second-order valence-corrected chi connectivity index (χ2v) is 11.7. The highest BCUT2D eigenvalue weighted by molar-refractivity contribution is 7.99. The van der Waals surface area contributed by atoms with Crippen LogP contribution in [0.5, 0.6) is 0 Å². The summed E-state index contributed by atoms with van der Waals surface area (Å²) in [4.78, 5) is 33.2. The molecule has 0 aromatic carbocycles. The molecular weight excluding hydrogens is 442 g/mol. The molecule has 0 aliphatic heterocycles. The van der Waals surface area contributed by atoms with Crippen molar-refractivity contribution in [1.82, 2.24) is 14.9 Å². The van der Waals surface area contributed by atoms with Gasteiger partial charge in [0.25, 0.3) is 5.56 Å². The molecule has 0 saturated heterocycles. The molecule has 0 spiro atoms. The second-order valence-electron chi connectivity index (χ2n) is 9.72. The topological polar surface area (TPSA) is 73.2 Å². The van der Waals surface area contributed by atoms with Crippen molar-refractivity contribution in [2.24, 2.45) is 17.8 Å². The molecule has 5 rings (SSSR count). The third-order valence-electron chi connectivity index (χ3n) is 7.71. The van der Waals surface area contributed by atoms with E-state index < -0.39 is 0 Å². The van der Waals surface area contributed by atoms with E-state index in [9.17, 15) is 9.59 Å². The van der Waals surface area contributed by atoms with E-state index in [1.165, 1.54) is 54.3 Å². The largest absolute Gasteiger partial charge is 0.383 e. The maximum Gasteiger partial charge on any atom is 0.263 e. The Hall–Kier alpha value is -1.38. The number of carbonyl (C=O) groups is 1. The quantitative estimate of drug-likeness (QED) is 0.461. The van der Waals surface area contributed by atoms with Crippen molar-refractivity contribution in [3.8, 4) is 0 Å². The average Bonchev–Trinajstić information content (AvgIpc) is 3.51. The zero-order valence-corrected chi connectivity index (χ0v) is 20.7. The number of nitrogens with one attached hydrogen (secondary N) is 1. The minimum atomic E-state index is 0.0182. The minimum Gasteiger partial charge on any atom is -0.383 e. The zero-order valence-electron chi connectivity index (χ0n) is 19.0. The molecule has 2 bridgehead atoms. The molecular formula is C24H33N3O3S2. The van der Waals surface area contributed by atoms with E-state index >= 15 is 0 Å². The van der Waals surface area contributed by atoms with Crippen molar-refractivity contribution < 1.29 is 9.53 Å². The van der Waals surface area contributed by atoms with Crippen LogP contribution in [0.25, 0.3) is 10.2 Å². The molecule has 6 nitrogen and oxygen atoms in total. The van der Waals surface area contributed by atoms with Gasteiger partial charge in [0.15, 0.2) is 5.16 Å². The molecule has 174 valence electrons. The lowest BCUT2D eigenvalue weighted by molar-refractivity contribution is -0.119. The first kappa shape index (κ1) is 22.4. The van der Waals surface area contributed by atoms with Gasteiger partial charge in [-0.3, -0.25) is 14.2 Å². The number of aryl methyl sites for hydroxylation is 2. The lowest BCUT2D eigenvalue weighted by Gasteiger charge is -2.28. The molecule has 1 N–H and O–H groups in total. The van der Waals surface area contributed by atoms with Gasteiger partial charge in [-0.1, -0.05) is 18.2 Å². The Morgan fingerprint density at radius 1 is 1.31 bits per heavy atom. The van der Waals surface area contributed by atoms with Gasteiger partial charge in [0.05, 0.1) is 24.3 Å². The standard InChI is InChI=1S/C24H33N3O3S2/c1-14(18-12-15-7-8-16(18)11-15)25-20(28)13-31-24-26-22-21(23(29)27(24)9-10-30-2)17-5-3-4-6-19(17)32-22/h14-16,18H,3-13H2,1-2H3,(H,25,28). The van der Waals surface area contributed by atoms with E-state index in [0.29, 0.717) is 24.2 Å². The van der Waals surface area contributed by atoms with Crippen molar-refractivity contribution in [2.75, 3.05) is 19.5 Å². The average molecular weight is 476 g/mol. The minimum absolute atomic E-state index is 0.0182. The monoisotopic (exact) mass is 475 g/mol. The van der Waals surface area contributed by atoms with Gasteiger partial charge in [0, 0.05) is 18.0 Å². The summed E-state index contributed by atoms with van der Waals surface area (Å²) in [6.07, 6.45) is 9.62. The summed E-state index contributed by atoms with van der Waals surface area (Å²) < 4.78 is 6.96. The van der Waals surface area contributed by atoms with Crippen LogP contribution in [-0.4, -0.2) is 41.0 Å². The first-order chi connectivity index (χ1) is 15.5. The van der Waals surface area contributed by atoms with Crippen LogP contribution in [0.1, 0.15) is 55.9 Å². The third-order valence-corrected chi connectivity index (χ3v) is 9.88. The Bertz CT molecular complexity index is 1060. The van der Waals surface area contributed by atoms with Gasteiger partial charge in [-0.25, -0.2) is 4.98 Å². The molecule has 2 fully saturated rings. The summed E-state index contributed by atoms with van der Waals surface area (Å²) in [5.41, 5.74) is 1.22. The molecule has 2 aromatic rings. The number of nitrogens with zero attached hydrogens (tertiary/aromatic N) is 2. The number of fused-ring (bicyclic) bond motifs is 5. The summed E-state index contributed by atoms with van der Waals surface area (Å²) in [5, 5.41) is 4.65. The van der Waals surface area contributed by atoms with Gasteiger partial charge in [0.1, 0.15) is 4.83 Å². The van der Waals surface area contributed by atoms with E-state index in [1.807, 2.05) is 0 Å². The summed E-state index contributed by atoms with van der Waals surface area (Å²) in [6.45, 7) is 3.05. The maximum atomic E-state index is 13.4. The van der Waals surface area contributed by atoms with Crippen LogP contribution < -0.4 is 10.9 Å². The molecule has 4 atom stereocenters. The lowest BCUT2D eigenvalue weighted by Crippen LogP contribution is -2.41. The normalized spacial score (nSPS) is 25.2. The van der Waals surface area contributed by atoms with E-state index in [-0.39, 0.29) is 23.3 Å². The van der Waals surface area contributed by atoms with Gasteiger partial charge in [-0.2, -0.15) is 0 Å². The highest BCUT2D eigenvalue weighted by Gasteiger charge is 2.42. The van der Waals surface area contributed by atoms with Crippen molar-refractivity contribution in [1.29, 1.82) is 0 Å². The number of thiophene rings is 1. The number of aromatic nitrogens is 2. The Kier molecular flexibility index (Phi) is 6.63. The van der Waals surface area contributed by atoms with E-state index in [0.717, 1.165) is 41.3 Å². The van der Waals surface area contributed by atoms with Crippen LogP contribution in [0.3, 0.4) is 0 Å². The van der Waals surface area contributed by atoms with Crippen LogP contribution in [0.4, 0.5) is 0 Å². The highest BCUT2D eigenvalue weighted by atomic mass is 32.2. The molecule has 3 aliphatic carbocycles. The van der Waals surface area contributed by atoms with Crippen molar-refractivity contribution in [3.05, 3.63) is 20.8 Å². The van der Waals surface area contributed by atoms with Crippen LogP contribution in [0.15, 0.2) is 9.95 Å². The van der Waals surface area contributed by atoms with Gasteiger partial charge in [-0.05, 0) is 75.2 Å². The second kappa shape index (κ2) is 9.47. The fraction of sp³-hybridized carbons (Fsp3) is 0.708. The summed E-state index contributed by atoms with van der Waals surface area (Å²) in [7, 11) is 1.64. The Morgan fingerprint density at radius 2 is 2.16 bits per heavy atom. The van der Waals surface area contributed by atoms with Gasteiger partial charge in [-0.15, -0.1) is 11.3 Å². The molecule has 2 aromatic heterocycles. The Morgan fingerprint density at radius 3 is 2.91 bits per heavy atom. The van der Waals surface area contributed by atoms with Crippen LogP contribution >= 0.6 is 23.1 Å².